The Morgan fingerprint density at radius 2 is 1.82 bits per heavy atom. The van der Waals surface area contributed by atoms with Crippen molar-refractivity contribution in [3.8, 4) is 5.75 Å². The average Bonchev–Trinajstić information content (AvgIpc) is 2.84. The number of rotatable bonds is 5. The fraction of sp³-hybridized carbons (Fsp3) is 0.286. The van der Waals surface area contributed by atoms with Gasteiger partial charge >= 0.3 is 0 Å². The van der Waals surface area contributed by atoms with E-state index >= 15 is 0 Å². The Bertz CT molecular complexity index is 1240. The molecule has 0 saturated carbocycles. The summed E-state index contributed by atoms with van der Waals surface area (Å²) in [6.07, 6.45) is 0.421. The molecule has 5 rings (SSSR count). The van der Waals surface area contributed by atoms with Gasteiger partial charge in [-0.1, -0.05) is 60.7 Å². The largest absolute Gasteiger partial charge is 0.463 e. The Kier molecular flexibility index (Phi) is 5.62. The van der Waals surface area contributed by atoms with Crippen molar-refractivity contribution in [3.63, 3.8) is 0 Å². The summed E-state index contributed by atoms with van der Waals surface area (Å²) in [5, 5.41) is 12.9. The number of likely N-dealkylation sites (tertiary alicyclic amines) is 1. The first-order valence-corrected chi connectivity index (χ1v) is 11.6. The summed E-state index contributed by atoms with van der Waals surface area (Å²) in [4.78, 5) is 29.2. The van der Waals surface area contributed by atoms with Crippen molar-refractivity contribution in [2.45, 2.75) is 31.9 Å². The summed E-state index contributed by atoms with van der Waals surface area (Å²) in [7, 11) is 0. The number of fused-ring (bicyclic) bond motifs is 4. The Morgan fingerprint density at radius 3 is 2.59 bits per heavy atom. The predicted octanol–water partition coefficient (Wildman–Crippen LogP) is 4.11. The van der Waals surface area contributed by atoms with Crippen LogP contribution in [-0.2, 0) is 15.3 Å². The number of aryl methyl sites for hydroxylation is 2. The molecule has 1 saturated heterocycles. The lowest BCUT2D eigenvalue weighted by molar-refractivity contribution is -0.183. The van der Waals surface area contributed by atoms with Crippen LogP contribution in [0.15, 0.2) is 72.8 Å². The summed E-state index contributed by atoms with van der Waals surface area (Å²) in [6, 6.07) is 23.1. The molecular weight excluding hydrogens is 428 g/mol. The molecule has 1 fully saturated rings. The zero-order valence-electron chi connectivity index (χ0n) is 19.3. The van der Waals surface area contributed by atoms with Crippen LogP contribution in [-0.4, -0.2) is 35.0 Å². The topological polar surface area (TPSA) is 78.9 Å². The van der Waals surface area contributed by atoms with Crippen molar-refractivity contribution in [3.05, 3.63) is 95.1 Å². The first-order chi connectivity index (χ1) is 16.4. The fourth-order valence-corrected chi connectivity index (χ4v) is 5.29. The second kappa shape index (κ2) is 8.61. The van der Waals surface area contributed by atoms with Crippen LogP contribution in [0.2, 0.25) is 0 Å². The molecule has 6 heteroatoms. The van der Waals surface area contributed by atoms with E-state index < -0.39 is 11.6 Å². The van der Waals surface area contributed by atoms with Gasteiger partial charge in [-0.05, 0) is 42.7 Å². The third-order valence-corrected chi connectivity index (χ3v) is 6.95. The molecule has 0 aliphatic carbocycles. The van der Waals surface area contributed by atoms with E-state index in [0.29, 0.717) is 17.9 Å². The van der Waals surface area contributed by atoms with E-state index in [2.05, 4.69) is 5.32 Å². The first kappa shape index (κ1) is 22.2. The standard InChI is InChI=1S/C28H28N2O4/c1-18-12-13-19(2)23(16-18)29-26(32)25-22-17-28(20-8-4-3-5-9-20,30(14-15-31)27(25)33)34-24-11-7-6-10-21(22)24/h3-13,16,22,25,31H,14-15,17H2,1-2H3,(H,29,32). The summed E-state index contributed by atoms with van der Waals surface area (Å²) in [6.45, 7) is 3.73. The van der Waals surface area contributed by atoms with Crippen molar-refractivity contribution in [2.24, 2.45) is 5.92 Å². The van der Waals surface area contributed by atoms with Gasteiger partial charge in [0.05, 0.1) is 6.61 Å². The van der Waals surface area contributed by atoms with Gasteiger partial charge < -0.3 is 15.2 Å². The monoisotopic (exact) mass is 456 g/mol. The lowest BCUT2D eigenvalue weighted by atomic mass is 9.71. The van der Waals surface area contributed by atoms with Gasteiger partial charge in [0, 0.05) is 30.1 Å². The molecule has 34 heavy (non-hydrogen) atoms. The SMILES string of the molecule is Cc1ccc(C)c(NC(=O)C2C(=O)N(CCO)C3(c4ccccc4)CC2c2ccccc2O3)c1. The van der Waals surface area contributed by atoms with Gasteiger partial charge in [0.25, 0.3) is 0 Å². The number of para-hydroxylation sites is 1. The van der Waals surface area contributed by atoms with Gasteiger partial charge in [-0.3, -0.25) is 14.5 Å². The number of nitrogens with one attached hydrogen (secondary N) is 1. The molecule has 0 spiro atoms. The van der Waals surface area contributed by atoms with Crippen LogP contribution in [0.25, 0.3) is 0 Å². The highest BCUT2D eigenvalue weighted by molar-refractivity contribution is 6.08. The maximum Gasteiger partial charge on any atom is 0.239 e. The number of benzene rings is 3. The summed E-state index contributed by atoms with van der Waals surface area (Å²) in [5.41, 5.74) is 3.25. The maximum atomic E-state index is 14.0. The molecule has 2 N–H and O–H groups in total. The fourth-order valence-electron chi connectivity index (χ4n) is 5.29. The van der Waals surface area contributed by atoms with E-state index in [9.17, 15) is 14.7 Å². The minimum absolute atomic E-state index is 0.0653. The van der Waals surface area contributed by atoms with E-state index in [1.807, 2.05) is 86.6 Å². The number of aliphatic hydroxyl groups is 1. The third-order valence-electron chi connectivity index (χ3n) is 6.95. The zero-order valence-corrected chi connectivity index (χ0v) is 19.3. The predicted molar refractivity (Wildman–Crippen MR) is 129 cm³/mol. The number of carbonyl (C=O) groups excluding carboxylic acids is 2. The van der Waals surface area contributed by atoms with Crippen LogP contribution in [0.5, 0.6) is 5.75 Å². The Balaban J connectivity index is 1.62. The molecule has 6 nitrogen and oxygen atoms in total. The minimum atomic E-state index is -1.09. The molecule has 3 aromatic carbocycles. The Hall–Kier alpha value is -3.64. The highest BCUT2D eigenvalue weighted by Gasteiger charge is 2.58. The molecular formula is C28H28N2O4. The molecule has 2 aliphatic rings. The number of β-amino-alcohol motifs (C(OH)–C–C–N with tert-alkyl or cyclic N) is 1. The van der Waals surface area contributed by atoms with Gasteiger partial charge in [0.15, 0.2) is 0 Å². The summed E-state index contributed by atoms with van der Waals surface area (Å²) >= 11 is 0. The number of aliphatic hydroxyl groups excluding tert-OH is 1. The lowest BCUT2D eigenvalue weighted by Gasteiger charge is -2.54. The van der Waals surface area contributed by atoms with E-state index in [-0.39, 0.29) is 30.9 Å². The molecule has 2 aliphatic heterocycles. The molecule has 3 aromatic rings. The number of piperidine rings is 1. The normalized spacial score (nSPS) is 23.1. The van der Waals surface area contributed by atoms with Crippen LogP contribution < -0.4 is 10.1 Å². The van der Waals surface area contributed by atoms with E-state index in [4.69, 9.17) is 4.74 Å². The average molecular weight is 457 g/mol. The number of anilines is 1. The highest BCUT2D eigenvalue weighted by atomic mass is 16.5. The van der Waals surface area contributed by atoms with Gasteiger partial charge in [-0.25, -0.2) is 0 Å². The molecule has 0 radical (unpaired) electrons. The zero-order chi connectivity index (χ0) is 23.9. The second-order valence-corrected chi connectivity index (χ2v) is 9.10. The van der Waals surface area contributed by atoms with Crippen molar-refractivity contribution >= 4 is 17.5 Å². The van der Waals surface area contributed by atoms with Crippen LogP contribution in [0.1, 0.15) is 34.6 Å². The quantitative estimate of drug-likeness (QED) is 0.567. The molecule has 0 aromatic heterocycles. The second-order valence-electron chi connectivity index (χ2n) is 9.10. The number of amides is 2. The van der Waals surface area contributed by atoms with Crippen LogP contribution >= 0.6 is 0 Å². The Morgan fingerprint density at radius 1 is 1.09 bits per heavy atom. The third kappa shape index (κ3) is 3.55. The molecule has 2 amide bonds. The molecule has 174 valence electrons. The van der Waals surface area contributed by atoms with E-state index in [1.54, 1.807) is 4.90 Å². The highest BCUT2D eigenvalue weighted by Crippen LogP contribution is 2.54. The number of hydrogen-bond donors (Lipinski definition) is 2. The smallest absolute Gasteiger partial charge is 0.239 e. The van der Waals surface area contributed by atoms with Crippen LogP contribution in [0.3, 0.4) is 0 Å². The molecule has 2 bridgehead atoms. The number of carbonyl (C=O) groups is 2. The molecule has 3 atom stereocenters. The number of ether oxygens (including phenoxy) is 1. The maximum absolute atomic E-state index is 14.0. The van der Waals surface area contributed by atoms with Crippen molar-refractivity contribution in [1.29, 1.82) is 0 Å². The van der Waals surface area contributed by atoms with Crippen molar-refractivity contribution < 1.29 is 19.4 Å². The lowest BCUT2D eigenvalue weighted by Crippen LogP contribution is -2.64. The summed E-state index contributed by atoms with van der Waals surface area (Å²) in [5.74, 6) is -1.33. The van der Waals surface area contributed by atoms with E-state index in [0.717, 1.165) is 22.3 Å². The summed E-state index contributed by atoms with van der Waals surface area (Å²) < 4.78 is 6.56. The van der Waals surface area contributed by atoms with Crippen molar-refractivity contribution in [2.75, 3.05) is 18.5 Å². The van der Waals surface area contributed by atoms with Gasteiger partial charge in [-0.15, -0.1) is 0 Å². The first-order valence-electron chi connectivity index (χ1n) is 11.6. The minimum Gasteiger partial charge on any atom is -0.463 e. The molecule has 3 unspecified atom stereocenters. The van der Waals surface area contributed by atoms with Crippen LogP contribution in [0, 0.1) is 19.8 Å². The number of hydrogen-bond acceptors (Lipinski definition) is 4. The van der Waals surface area contributed by atoms with Gasteiger partial charge in [0.2, 0.25) is 17.5 Å². The van der Waals surface area contributed by atoms with Crippen LogP contribution in [0.4, 0.5) is 5.69 Å². The van der Waals surface area contributed by atoms with E-state index in [1.165, 1.54) is 0 Å². The Labute approximate surface area is 199 Å². The van der Waals surface area contributed by atoms with Crippen molar-refractivity contribution in [1.82, 2.24) is 4.90 Å². The van der Waals surface area contributed by atoms with Gasteiger partial charge in [0.1, 0.15) is 11.7 Å². The van der Waals surface area contributed by atoms with Gasteiger partial charge in [-0.2, -0.15) is 0 Å². The molecule has 2 heterocycles. The number of nitrogens with zero attached hydrogens (tertiary/aromatic N) is 1.